The van der Waals surface area contributed by atoms with E-state index in [1.165, 1.54) is 19.0 Å². The Labute approximate surface area is 230 Å². The van der Waals surface area contributed by atoms with Gasteiger partial charge >= 0.3 is 0 Å². The predicted molar refractivity (Wildman–Crippen MR) is 145 cm³/mol. The summed E-state index contributed by atoms with van der Waals surface area (Å²) in [5.74, 6) is -9.08. The van der Waals surface area contributed by atoms with Crippen LogP contribution in [0.4, 0.5) is 0 Å². The molecule has 6 atom stereocenters. The van der Waals surface area contributed by atoms with E-state index in [0.29, 0.717) is 11.1 Å². The van der Waals surface area contributed by atoms with Gasteiger partial charge in [0.15, 0.2) is 11.4 Å². The maximum absolute atomic E-state index is 13.9. The number of amides is 1. The summed E-state index contributed by atoms with van der Waals surface area (Å²) in [4.78, 5) is 40.9. The highest BCUT2D eigenvalue weighted by Crippen LogP contribution is 2.55. The third-order valence-electron chi connectivity index (χ3n) is 8.42. The molecular formula is C30H30N2O8. The molecule has 10 nitrogen and oxygen atoms in total. The minimum absolute atomic E-state index is 0.129. The second-order valence-electron chi connectivity index (χ2n) is 10.8. The number of hydrogen-bond donors (Lipinski definition) is 6. The number of likely N-dealkylation sites (N-methyl/N-ethyl adjacent to an activating group) is 1. The lowest BCUT2D eigenvalue weighted by molar-refractivity contribution is -0.162. The largest absolute Gasteiger partial charge is 0.510 e. The normalized spacial score (nSPS) is 30.0. The van der Waals surface area contributed by atoms with Crippen molar-refractivity contribution in [2.45, 2.75) is 30.6 Å². The molecule has 0 spiro atoms. The number of primary amides is 1. The van der Waals surface area contributed by atoms with Crippen LogP contribution in [-0.2, 0) is 9.59 Å². The Kier molecular flexibility index (Phi) is 6.45. The Bertz CT molecular complexity index is 1540. The zero-order valence-corrected chi connectivity index (χ0v) is 22.1. The van der Waals surface area contributed by atoms with Gasteiger partial charge < -0.3 is 31.3 Å². The maximum atomic E-state index is 13.9. The molecule has 208 valence electrons. The molecule has 7 N–H and O–H groups in total. The molecule has 0 aliphatic heterocycles. The van der Waals surface area contributed by atoms with Crippen LogP contribution in [0.15, 0.2) is 65.1 Å². The third-order valence-corrected chi connectivity index (χ3v) is 8.42. The lowest BCUT2D eigenvalue weighted by atomic mass is 9.55. The van der Waals surface area contributed by atoms with Crippen molar-refractivity contribution in [3.05, 3.63) is 87.4 Å². The average molecular weight is 547 g/mol. The minimum Gasteiger partial charge on any atom is -0.510 e. The van der Waals surface area contributed by atoms with Gasteiger partial charge in [-0.15, -0.1) is 0 Å². The number of Topliss-reactive ketones (excluding diaryl/α,β-unsaturated/α-hetero) is 2. The summed E-state index contributed by atoms with van der Waals surface area (Å²) in [6.07, 6.45) is 1.75. The highest BCUT2D eigenvalue weighted by Gasteiger charge is 2.67. The summed E-state index contributed by atoms with van der Waals surface area (Å²) in [5, 5.41) is 56.9. The number of carbonyl (C=O) groups is 3. The molecule has 4 unspecified atom stereocenters. The van der Waals surface area contributed by atoms with E-state index in [4.69, 9.17) is 5.73 Å². The van der Waals surface area contributed by atoms with Gasteiger partial charge in [-0.3, -0.25) is 19.3 Å². The fourth-order valence-electron chi connectivity index (χ4n) is 6.52. The second kappa shape index (κ2) is 9.44. The lowest BCUT2D eigenvalue weighted by Crippen LogP contribution is -2.68. The number of aromatic hydroxyl groups is 1. The molecule has 5 rings (SSSR count). The number of fused-ring (bicyclic) bond motifs is 3. The molecule has 40 heavy (non-hydrogen) atoms. The molecule has 3 aliphatic rings. The molecular weight excluding hydrogens is 516 g/mol. The van der Waals surface area contributed by atoms with Crippen LogP contribution < -0.4 is 5.73 Å². The van der Waals surface area contributed by atoms with Crippen molar-refractivity contribution in [2.75, 3.05) is 14.1 Å². The first-order valence-corrected chi connectivity index (χ1v) is 12.8. The number of aliphatic hydroxyl groups excluding tert-OH is 3. The summed E-state index contributed by atoms with van der Waals surface area (Å²) in [5.41, 5.74) is 2.49. The fourth-order valence-corrected chi connectivity index (χ4v) is 6.52. The summed E-state index contributed by atoms with van der Waals surface area (Å²) in [6, 6.07) is 11.3. The van der Waals surface area contributed by atoms with Crippen molar-refractivity contribution >= 4 is 29.6 Å². The maximum Gasteiger partial charge on any atom is 0.255 e. The van der Waals surface area contributed by atoms with Gasteiger partial charge in [-0.2, -0.15) is 0 Å². The summed E-state index contributed by atoms with van der Waals surface area (Å²) in [7, 11) is 2.98. The van der Waals surface area contributed by atoms with Gasteiger partial charge in [0.1, 0.15) is 22.8 Å². The van der Waals surface area contributed by atoms with Gasteiger partial charge in [0.25, 0.3) is 5.91 Å². The van der Waals surface area contributed by atoms with Crippen LogP contribution in [0.2, 0.25) is 0 Å². The van der Waals surface area contributed by atoms with Gasteiger partial charge in [0.2, 0.25) is 5.78 Å². The molecule has 0 saturated carbocycles. The Morgan fingerprint density at radius 2 is 1.68 bits per heavy atom. The number of carbonyl (C=O) groups excluding carboxylic acids is 3. The van der Waals surface area contributed by atoms with Crippen LogP contribution >= 0.6 is 0 Å². The number of phenolic OH excluding ortho intramolecular Hbond substituents is 1. The quantitative estimate of drug-likeness (QED) is 0.246. The molecule has 10 heteroatoms. The summed E-state index contributed by atoms with van der Waals surface area (Å²) < 4.78 is 0. The van der Waals surface area contributed by atoms with Gasteiger partial charge in [-0.1, -0.05) is 61.5 Å². The zero-order valence-electron chi connectivity index (χ0n) is 22.1. The first kappa shape index (κ1) is 27.3. The van der Waals surface area contributed by atoms with Crippen LogP contribution in [0.3, 0.4) is 0 Å². The van der Waals surface area contributed by atoms with Crippen LogP contribution in [0.25, 0.3) is 12.2 Å². The smallest absolute Gasteiger partial charge is 0.255 e. The van der Waals surface area contributed by atoms with Crippen molar-refractivity contribution in [3.63, 3.8) is 0 Å². The first-order valence-electron chi connectivity index (χ1n) is 12.8. The number of rotatable bonds is 4. The average Bonchev–Trinajstić information content (AvgIpc) is 2.90. The van der Waals surface area contributed by atoms with Crippen LogP contribution in [0.1, 0.15) is 39.9 Å². The van der Waals surface area contributed by atoms with E-state index in [0.717, 1.165) is 5.56 Å². The van der Waals surface area contributed by atoms with Crippen molar-refractivity contribution in [2.24, 2.45) is 17.6 Å². The minimum atomic E-state index is -2.94. The fraction of sp³-hybridized carbons (Fsp3) is 0.300. The van der Waals surface area contributed by atoms with Crippen molar-refractivity contribution in [1.29, 1.82) is 0 Å². The summed E-state index contributed by atoms with van der Waals surface area (Å²) >= 11 is 0. The zero-order chi connectivity index (χ0) is 29.3. The standard InChI is InChI=1S/C30H30N2O8/c1-13-16-12-11-15(10-9-14-7-5-4-6-8-14)23(33)18(16)24(34)19-17(13)25(35)21-22(32(2)3)26(36)20(29(31)39)28(38)30(21,40)27(19)37/h4-13,17,21-22,25,33,35-37,40H,1-3H3,(H2,31,39)/b10-9+/t13?,17?,21?,22-,25?,30-/m0/s1. The number of phenols is 1. The van der Waals surface area contributed by atoms with Crippen LogP contribution in [0.5, 0.6) is 5.75 Å². The van der Waals surface area contributed by atoms with Crippen molar-refractivity contribution in [3.8, 4) is 5.75 Å². The van der Waals surface area contributed by atoms with Gasteiger partial charge in [-0.05, 0) is 31.1 Å². The topological polar surface area (TPSA) is 182 Å². The first-order chi connectivity index (χ1) is 18.8. The molecule has 2 aromatic carbocycles. The van der Waals surface area contributed by atoms with Crippen LogP contribution in [0, 0.1) is 11.8 Å². The molecule has 1 amide bonds. The van der Waals surface area contributed by atoms with Crippen LogP contribution in [-0.4, -0.2) is 79.7 Å². The van der Waals surface area contributed by atoms with Crippen molar-refractivity contribution < 1.29 is 39.9 Å². The molecule has 0 saturated heterocycles. The number of nitrogens with two attached hydrogens (primary N) is 1. The number of nitrogens with zero attached hydrogens (tertiary/aromatic N) is 1. The highest BCUT2D eigenvalue weighted by atomic mass is 16.4. The van der Waals surface area contributed by atoms with E-state index in [1.54, 1.807) is 31.2 Å². The van der Waals surface area contributed by atoms with E-state index in [9.17, 15) is 39.9 Å². The van der Waals surface area contributed by atoms with Gasteiger partial charge in [0, 0.05) is 17.1 Å². The molecule has 0 heterocycles. The predicted octanol–water partition coefficient (Wildman–Crippen LogP) is 1.82. The number of benzene rings is 2. The number of hydrogen-bond acceptors (Lipinski definition) is 9. The van der Waals surface area contributed by atoms with E-state index in [2.05, 4.69) is 0 Å². The van der Waals surface area contributed by atoms with E-state index in [-0.39, 0.29) is 11.3 Å². The monoisotopic (exact) mass is 546 g/mol. The summed E-state index contributed by atoms with van der Waals surface area (Å²) in [6.45, 7) is 1.69. The number of ketones is 2. The van der Waals surface area contributed by atoms with Crippen molar-refractivity contribution in [1.82, 2.24) is 4.90 Å². The third kappa shape index (κ3) is 3.64. The molecule has 3 aliphatic carbocycles. The number of aliphatic hydroxyl groups is 4. The van der Waals surface area contributed by atoms with E-state index >= 15 is 0 Å². The Hall–Kier alpha value is -4.25. The molecule has 0 bridgehead atoms. The molecule has 0 aromatic heterocycles. The molecule has 0 radical (unpaired) electrons. The molecule has 2 aromatic rings. The Balaban J connectivity index is 1.71. The second-order valence-corrected chi connectivity index (χ2v) is 10.8. The molecule has 0 fully saturated rings. The van der Waals surface area contributed by atoms with E-state index in [1.807, 2.05) is 30.3 Å². The van der Waals surface area contributed by atoms with E-state index < -0.39 is 75.6 Å². The Morgan fingerprint density at radius 1 is 1.02 bits per heavy atom. The lowest BCUT2D eigenvalue weighted by Gasteiger charge is -2.53. The van der Waals surface area contributed by atoms with Gasteiger partial charge in [-0.25, -0.2) is 0 Å². The Morgan fingerprint density at radius 3 is 2.27 bits per heavy atom. The van der Waals surface area contributed by atoms with Gasteiger partial charge in [0.05, 0.1) is 23.6 Å². The SMILES string of the molecule is CC1c2ccc(/C=C/c3ccccc3)c(O)c2C(=O)C2=C(O)[C@]3(O)C(=O)C(C(N)=O)=C(O)[C@@H](N(C)C)C3C(O)C21. The highest BCUT2D eigenvalue weighted by molar-refractivity contribution is 6.25.